The number of pyridine rings is 1. The van der Waals surface area contributed by atoms with Crippen LogP contribution in [0.5, 0.6) is 0 Å². The topological polar surface area (TPSA) is 91.5 Å². The summed E-state index contributed by atoms with van der Waals surface area (Å²) in [5, 5.41) is 11.4. The van der Waals surface area contributed by atoms with Gasteiger partial charge >= 0.3 is 0 Å². The normalized spacial score (nSPS) is 14.7. The fraction of sp³-hybridized carbons (Fsp3) is 0.364. The van der Waals surface area contributed by atoms with Crippen LogP contribution in [0.3, 0.4) is 0 Å². The summed E-state index contributed by atoms with van der Waals surface area (Å²) in [5.74, 6) is 2.75. The first-order valence-corrected chi connectivity index (χ1v) is 10.7. The maximum atomic E-state index is 6.04. The fourth-order valence-corrected chi connectivity index (χ4v) is 3.71. The number of aryl methyl sites for hydroxylation is 1. The highest BCUT2D eigenvalue weighted by atomic mass is 127. The molecule has 4 rings (SSSR count). The monoisotopic (exact) mass is 567 g/mol. The summed E-state index contributed by atoms with van der Waals surface area (Å²) < 4.78 is 5.35. The number of nitrogens with zero attached hydrogens (tertiary/aromatic N) is 5. The third-order valence-electron chi connectivity index (χ3n) is 5.24. The van der Waals surface area contributed by atoms with E-state index >= 15 is 0 Å². The van der Waals surface area contributed by atoms with Crippen LogP contribution in [0.2, 0.25) is 5.02 Å². The number of piperidine rings is 1. The Hall–Kier alpha value is -2.40. The minimum Gasteiger partial charge on any atom is -0.356 e. The van der Waals surface area contributed by atoms with E-state index in [-0.39, 0.29) is 24.0 Å². The van der Waals surface area contributed by atoms with E-state index in [1.165, 1.54) is 5.56 Å². The average molecular weight is 568 g/mol. The van der Waals surface area contributed by atoms with Crippen LogP contribution in [0.25, 0.3) is 11.4 Å². The van der Waals surface area contributed by atoms with Gasteiger partial charge in [0.1, 0.15) is 5.82 Å². The second-order valence-electron chi connectivity index (χ2n) is 7.55. The van der Waals surface area contributed by atoms with Crippen LogP contribution < -0.4 is 15.5 Å². The van der Waals surface area contributed by atoms with Crippen LogP contribution >= 0.6 is 35.6 Å². The van der Waals surface area contributed by atoms with E-state index in [0.717, 1.165) is 43.3 Å². The maximum Gasteiger partial charge on any atom is 0.246 e. The van der Waals surface area contributed by atoms with Gasteiger partial charge in [-0.3, -0.25) is 4.99 Å². The molecule has 3 aromatic rings. The molecule has 0 amide bonds. The molecule has 32 heavy (non-hydrogen) atoms. The van der Waals surface area contributed by atoms with Gasteiger partial charge in [0, 0.05) is 43.0 Å². The molecule has 2 aromatic heterocycles. The van der Waals surface area contributed by atoms with Crippen molar-refractivity contribution in [3.8, 4) is 11.4 Å². The highest BCUT2D eigenvalue weighted by Crippen LogP contribution is 2.20. The summed E-state index contributed by atoms with van der Waals surface area (Å²) in [4.78, 5) is 15.6. The Bertz CT molecular complexity index is 1030. The van der Waals surface area contributed by atoms with Gasteiger partial charge in [-0.05, 0) is 43.5 Å². The van der Waals surface area contributed by atoms with Gasteiger partial charge in [0.05, 0.1) is 6.54 Å². The molecule has 8 nitrogen and oxygen atoms in total. The molecule has 0 spiro atoms. The number of hydrogen-bond acceptors (Lipinski definition) is 6. The number of aliphatic imine (C=N–C) groups is 1. The van der Waals surface area contributed by atoms with Crippen molar-refractivity contribution in [1.29, 1.82) is 0 Å². The molecule has 170 valence electrons. The van der Waals surface area contributed by atoms with E-state index in [1.807, 2.05) is 30.5 Å². The molecule has 0 aliphatic carbocycles. The fourth-order valence-electron chi connectivity index (χ4n) is 3.52. The predicted molar refractivity (Wildman–Crippen MR) is 138 cm³/mol. The second-order valence-corrected chi connectivity index (χ2v) is 7.98. The van der Waals surface area contributed by atoms with Crippen LogP contribution in [-0.2, 0) is 6.54 Å². The zero-order valence-electron chi connectivity index (χ0n) is 18.1. The van der Waals surface area contributed by atoms with Gasteiger partial charge in [-0.15, -0.1) is 24.0 Å². The number of halogens is 2. The van der Waals surface area contributed by atoms with Crippen LogP contribution in [0.4, 0.5) is 5.82 Å². The molecular weight excluding hydrogens is 541 g/mol. The first kappa shape index (κ1) is 24.2. The zero-order chi connectivity index (χ0) is 21.6. The Morgan fingerprint density at radius 2 is 2.06 bits per heavy atom. The third-order valence-corrected chi connectivity index (χ3v) is 5.47. The quantitative estimate of drug-likeness (QED) is 0.273. The molecule has 1 aliphatic rings. The molecule has 0 unspecified atom stereocenters. The molecule has 0 saturated carbocycles. The lowest BCUT2D eigenvalue weighted by Gasteiger charge is -2.33. The van der Waals surface area contributed by atoms with Crippen molar-refractivity contribution in [3.63, 3.8) is 0 Å². The van der Waals surface area contributed by atoms with E-state index in [4.69, 9.17) is 16.1 Å². The van der Waals surface area contributed by atoms with E-state index in [2.05, 4.69) is 54.7 Å². The molecular formula is C22H27ClIN7O. The number of rotatable bonds is 5. The number of anilines is 1. The van der Waals surface area contributed by atoms with Crippen molar-refractivity contribution in [2.75, 3.05) is 25.0 Å². The van der Waals surface area contributed by atoms with E-state index in [0.29, 0.717) is 29.3 Å². The van der Waals surface area contributed by atoms with Gasteiger partial charge in [0.15, 0.2) is 5.96 Å². The summed E-state index contributed by atoms with van der Waals surface area (Å²) in [5.41, 5.74) is 2.00. The summed E-state index contributed by atoms with van der Waals surface area (Å²) in [6.07, 6.45) is 3.94. The maximum absolute atomic E-state index is 6.04. The minimum absolute atomic E-state index is 0. The molecule has 3 heterocycles. The van der Waals surface area contributed by atoms with Gasteiger partial charge in [0.2, 0.25) is 11.7 Å². The van der Waals surface area contributed by atoms with E-state index in [1.54, 1.807) is 7.05 Å². The molecule has 1 fully saturated rings. The predicted octanol–water partition coefficient (Wildman–Crippen LogP) is 4.05. The highest BCUT2D eigenvalue weighted by molar-refractivity contribution is 14.0. The van der Waals surface area contributed by atoms with Crippen molar-refractivity contribution in [1.82, 2.24) is 25.8 Å². The van der Waals surface area contributed by atoms with Crippen molar-refractivity contribution < 1.29 is 4.52 Å². The Morgan fingerprint density at radius 1 is 1.25 bits per heavy atom. The van der Waals surface area contributed by atoms with Gasteiger partial charge in [-0.2, -0.15) is 4.98 Å². The minimum atomic E-state index is 0. The summed E-state index contributed by atoms with van der Waals surface area (Å²) in [7, 11) is 1.76. The number of nitrogens with one attached hydrogen (secondary N) is 2. The van der Waals surface area contributed by atoms with Crippen LogP contribution in [-0.4, -0.2) is 47.3 Å². The number of aromatic nitrogens is 3. The SMILES string of the molecule is CN=C(NCc1nc(-c2cccc(Cl)c2)no1)NC1CCN(c2ccc(C)cn2)CC1.I. The lowest BCUT2D eigenvalue weighted by Crippen LogP contribution is -2.48. The molecule has 0 bridgehead atoms. The van der Waals surface area contributed by atoms with E-state index in [9.17, 15) is 0 Å². The van der Waals surface area contributed by atoms with Crippen molar-refractivity contribution in [2.24, 2.45) is 4.99 Å². The lowest BCUT2D eigenvalue weighted by molar-refractivity contribution is 0.374. The third kappa shape index (κ3) is 6.32. The summed E-state index contributed by atoms with van der Waals surface area (Å²) in [6.45, 7) is 4.35. The molecule has 0 atom stereocenters. The summed E-state index contributed by atoms with van der Waals surface area (Å²) >= 11 is 6.04. The molecule has 1 aliphatic heterocycles. The number of hydrogen-bond donors (Lipinski definition) is 2. The van der Waals surface area contributed by atoms with Crippen LogP contribution in [0.1, 0.15) is 24.3 Å². The van der Waals surface area contributed by atoms with Crippen molar-refractivity contribution >= 4 is 47.4 Å². The molecule has 1 saturated heterocycles. The van der Waals surface area contributed by atoms with Gasteiger partial charge in [-0.1, -0.05) is 35.0 Å². The standard InChI is InChI=1S/C22H26ClN7O.HI/c1-15-6-7-19(25-13-15)30-10-8-18(9-11-30)27-22(24-2)26-14-20-28-21(29-31-20)16-4-3-5-17(23)12-16;/h3-7,12-13,18H,8-11,14H2,1-2H3,(H2,24,26,27);1H. The Morgan fingerprint density at radius 3 is 2.75 bits per heavy atom. The van der Waals surface area contributed by atoms with Crippen LogP contribution in [0.15, 0.2) is 52.1 Å². The Labute approximate surface area is 209 Å². The zero-order valence-corrected chi connectivity index (χ0v) is 21.2. The van der Waals surface area contributed by atoms with Crippen molar-refractivity contribution in [2.45, 2.75) is 32.4 Å². The molecule has 10 heteroatoms. The summed E-state index contributed by atoms with van der Waals surface area (Å²) in [6, 6.07) is 11.9. The lowest BCUT2D eigenvalue weighted by atomic mass is 10.1. The smallest absolute Gasteiger partial charge is 0.246 e. The van der Waals surface area contributed by atoms with Gasteiger partial charge < -0.3 is 20.1 Å². The van der Waals surface area contributed by atoms with Gasteiger partial charge in [-0.25, -0.2) is 4.98 Å². The van der Waals surface area contributed by atoms with Crippen LogP contribution in [0, 0.1) is 6.92 Å². The second kappa shape index (κ2) is 11.5. The van der Waals surface area contributed by atoms with Gasteiger partial charge in [0.25, 0.3) is 0 Å². The average Bonchev–Trinajstić information content (AvgIpc) is 3.27. The van der Waals surface area contributed by atoms with Crippen molar-refractivity contribution in [3.05, 3.63) is 59.1 Å². The molecule has 1 aromatic carbocycles. The number of guanidine groups is 1. The largest absolute Gasteiger partial charge is 0.356 e. The highest BCUT2D eigenvalue weighted by Gasteiger charge is 2.21. The molecule has 2 N–H and O–H groups in total. The first-order valence-electron chi connectivity index (χ1n) is 10.3. The van der Waals surface area contributed by atoms with E-state index < -0.39 is 0 Å². The molecule has 0 radical (unpaired) electrons. The number of benzene rings is 1. The Kier molecular flexibility index (Phi) is 8.68. The first-order chi connectivity index (χ1) is 15.1. The Balaban J connectivity index is 0.00000289.